The van der Waals surface area contributed by atoms with Crippen molar-refractivity contribution in [3.63, 3.8) is 0 Å². The lowest BCUT2D eigenvalue weighted by molar-refractivity contribution is 0.122. The van der Waals surface area contributed by atoms with Crippen molar-refractivity contribution in [2.24, 2.45) is 10.9 Å². The number of aromatic hydroxyl groups is 1. The van der Waals surface area contributed by atoms with Crippen LogP contribution in [0.3, 0.4) is 0 Å². The highest BCUT2D eigenvalue weighted by Gasteiger charge is 2.30. The van der Waals surface area contributed by atoms with Crippen molar-refractivity contribution < 1.29 is 9.50 Å². The largest absolute Gasteiger partial charge is 0.505 e. The number of guanidine groups is 1. The molecule has 1 heterocycles. The highest BCUT2D eigenvalue weighted by atomic mass is 35.5. The lowest BCUT2D eigenvalue weighted by Gasteiger charge is -2.40. The molecule has 7 heteroatoms. The monoisotopic (exact) mass is 418 g/mol. The molecule has 29 heavy (non-hydrogen) atoms. The topological polar surface area (TPSA) is 59.9 Å². The Hall–Kier alpha value is -2.31. The molecule has 2 unspecified atom stereocenters. The first-order chi connectivity index (χ1) is 14.0. The number of piperidine rings is 1. The van der Waals surface area contributed by atoms with Crippen LogP contribution < -0.4 is 10.6 Å². The maximum atomic E-state index is 13.5. The number of halogens is 2. The zero-order valence-electron chi connectivity index (χ0n) is 16.8. The Morgan fingerprint density at radius 2 is 2.10 bits per heavy atom. The number of benzene rings is 2. The summed E-state index contributed by atoms with van der Waals surface area (Å²) in [5.74, 6) is 0.111. The van der Waals surface area contributed by atoms with Gasteiger partial charge in [-0.2, -0.15) is 0 Å². The maximum Gasteiger partial charge on any atom is 0.191 e. The van der Waals surface area contributed by atoms with Gasteiger partial charge < -0.3 is 15.7 Å². The average molecular weight is 419 g/mol. The summed E-state index contributed by atoms with van der Waals surface area (Å²) in [6.45, 7) is 2.25. The predicted molar refractivity (Wildman–Crippen MR) is 116 cm³/mol. The van der Waals surface area contributed by atoms with Crippen LogP contribution in [0.1, 0.15) is 30.0 Å². The van der Waals surface area contributed by atoms with Crippen molar-refractivity contribution in [1.29, 1.82) is 0 Å². The zero-order valence-corrected chi connectivity index (χ0v) is 17.6. The lowest BCUT2D eigenvalue weighted by Crippen LogP contribution is -2.44. The third-order valence-electron chi connectivity index (χ3n) is 5.42. The van der Waals surface area contributed by atoms with Gasteiger partial charge in [-0.1, -0.05) is 29.8 Å². The second-order valence-corrected chi connectivity index (χ2v) is 7.91. The van der Waals surface area contributed by atoms with Crippen molar-refractivity contribution in [3.05, 3.63) is 64.4 Å². The molecule has 5 nitrogen and oxygen atoms in total. The quantitative estimate of drug-likeness (QED) is 0.508. The molecular formula is C22H28ClFN4O. The zero-order chi connectivity index (χ0) is 20.8. The third kappa shape index (κ3) is 5.61. The van der Waals surface area contributed by atoms with Crippen molar-refractivity contribution in [1.82, 2.24) is 15.5 Å². The third-order valence-corrected chi connectivity index (χ3v) is 5.66. The Balaban J connectivity index is 1.61. The van der Waals surface area contributed by atoms with Gasteiger partial charge in [-0.25, -0.2) is 4.39 Å². The minimum Gasteiger partial charge on any atom is -0.505 e. The van der Waals surface area contributed by atoms with Crippen molar-refractivity contribution >= 4 is 17.6 Å². The normalized spacial score (nSPS) is 20.5. The molecular weight excluding hydrogens is 391 g/mol. The molecule has 156 valence electrons. The molecule has 1 aliphatic heterocycles. The number of rotatable bonds is 5. The van der Waals surface area contributed by atoms with Gasteiger partial charge in [0.25, 0.3) is 0 Å². The number of phenolic OH excluding ortho intramolecular Hbond substituents is 1. The highest BCUT2D eigenvalue weighted by Crippen LogP contribution is 2.35. The minimum absolute atomic E-state index is 0.291. The number of hydrogen-bond acceptors (Lipinski definition) is 3. The summed E-state index contributed by atoms with van der Waals surface area (Å²) >= 11 is 6.22. The summed E-state index contributed by atoms with van der Waals surface area (Å²) in [4.78, 5) is 6.66. The summed E-state index contributed by atoms with van der Waals surface area (Å²) in [7, 11) is 3.87. The number of nitrogens with one attached hydrogen (secondary N) is 2. The molecule has 2 aromatic rings. The molecule has 3 rings (SSSR count). The standard InChI is InChI=1S/C22H28ClFN4O/c1-25-22(26-13-15-8-9-20(29)19(24)11-15)27-14-17-6-4-10-28(2)21(17)16-5-3-7-18(23)12-16/h3,5,7-9,11-12,17,21,29H,4,6,10,13-14H2,1-2H3,(H2,25,26,27). The number of likely N-dealkylation sites (tertiary alicyclic amines) is 1. The molecule has 2 atom stereocenters. The Labute approximate surface area is 176 Å². The van der Waals surface area contributed by atoms with Crippen molar-refractivity contribution in [3.8, 4) is 5.75 Å². The average Bonchev–Trinajstić information content (AvgIpc) is 2.70. The summed E-state index contributed by atoms with van der Waals surface area (Å²) in [6.07, 6.45) is 2.27. The van der Waals surface area contributed by atoms with Crippen LogP contribution in [0.2, 0.25) is 5.02 Å². The molecule has 0 spiro atoms. The fourth-order valence-corrected chi connectivity index (χ4v) is 4.18. The van der Waals surface area contributed by atoms with Crippen molar-refractivity contribution in [2.75, 3.05) is 27.2 Å². The van der Waals surface area contributed by atoms with E-state index in [1.807, 2.05) is 18.2 Å². The fraction of sp³-hybridized carbons (Fsp3) is 0.409. The van der Waals surface area contributed by atoms with Gasteiger partial charge in [-0.05, 0) is 67.7 Å². The van der Waals surface area contributed by atoms with E-state index in [1.165, 1.54) is 17.7 Å². The van der Waals surface area contributed by atoms with Gasteiger partial charge in [0.1, 0.15) is 0 Å². The molecule has 1 aliphatic rings. The SMILES string of the molecule is CN=C(NCc1ccc(O)c(F)c1)NCC1CCCN(C)C1c1cccc(Cl)c1. The number of nitrogens with zero attached hydrogens (tertiary/aromatic N) is 2. The highest BCUT2D eigenvalue weighted by molar-refractivity contribution is 6.30. The second kappa shape index (κ2) is 9.94. The molecule has 0 aromatic heterocycles. The molecule has 3 N–H and O–H groups in total. The lowest BCUT2D eigenvalue weighted by atomic mass is 9.85. The predicted octanol–water partition coefficient (Wildman–Crippen LogP) is 3.93. The second-order valence-electron chi connectivity index (χ2n) is 7.48. The Kier molecular flexibility index (Phi) is 7.34. The van der Waals surface area contributed by atoms with E-state index in [2.05, 4.69) is 33.6 Å². The first-order valence-electron chi connectivity index (χ1n) is 9.85. The van der Waals surface area contributed by atoms with Crippen LogP contribution in [0.4, 0.5) is 4.39 Å². The molecule has 0 aliphatic carbocycles. The van der Waals surface area contributed by atoms with Crippen LogP contribution in [0.5, 0.6) is 5.75 Å². The maximum absolute atomic E-state index is 13.5. The molecule has 0 bridgehead atoms. The van der Waals surface area contributed by atoms with E-state index in [0.29, 0.717) is 24.5 Å². The van der Waals surface area contributed by atoms with Crippen LogP contribution in [0.15, 0.2) is 47.5 Å². The summed E-state index contributed by atoms with van der Waals surface area (Å²) in [5, 5.41) is 16.7. The number of aliphatic imine (C=N–C) groups is 1. The van der Waals surface area contributed by atoms with E-state index < -0.39 is 5.82 Å². The molecule has 1 fully saturated rings. The first kappa shape index (κ1) is 21.4. The minimum atomic E-state index is -0.623. The Morgan fingerprint density at radius 3 is 2.83 bits per heavy atom. The van der Waals surface area contributed by atoms with Gasteiger partial charge in [0.15, 0.2) is 17.5 Å². The number of hydrogen-bond donors (Lipinski definition) is 3. The Morgan fingerprint density at radius 1 is 1.28 bits per heavy atom. The van der Waals surface area contributed by atoms with Gasteiger partial charge in [0, 0.05) is 31.2 Å². The van der Waals surface area contributed by atoms with Gasteiger partial charge in [-0.3, -0.25) is 9.89 Å². The van der Waals surface area contributed by atoms with Gasteiger partial charge >= 0.3 is 0 Å². The fourth-order valence-electron chi connectivity index (χ4n) is 3.99. The Bertz CT molecular complexity index is 860. The van der Waals surface area contributed by atoms with E-state index in [1.54, 1.807) is 13.1 Å². The van der Waals surface area contributed by atoms with Gasteiger partial charge in [-0.15, -0.1) is 0 Å². The molecule has 1 saturated heterocycles. The van der Waals surface area contributed by atoms with Crippen LogP contribution in [0, 0.1) is 11.7 Å². The van der Waals surface area contributed by atoms with E-state index in [4.69, 9.17) is 11.6 Å². The summed E-state index contributed by atoms with van der Waals surface area (Å²) in [6, 6.07) is 12.7. The molecule has 0 saturated carbocycles. The van der Waals surface area contributed by atoms with Crippen LogP contribution >= 0.6 is 11.6 Å². The summed E-state index contributed by atoms with van der Waals surface area (Å²) in [5.41, 5.74) is 1.96. The summed E-state index contributed by atoms with van der Waals surface area (Å²) < 4.78 is 13.5. The van der Waals surface area contributed by atoms with Gasteiger partial charge in [0.05, 0.1) is 0 Å². The smallest absolute Gasteiger partial charge is 0.191 e. The van der Waals surface area contributed by atoms with Crippen LogP contribution in [0.25, 0.3) is 0 Å². The van der Waals surface area contributed by atoms with Gasteiger partial charge in [0.2, 0.25) is 0 Å². The van der Waals surface area contributed by atoms with E-state index in [-0.39, 0.29) is 5.75 Å². The van der Waals surface area contributed by atoms with E-state index in [9.17, 15) is 9.50 Å². The molecule has 0 radical (unpaired) electrons. The van der Waals surface area contributed by atoms with Crippen LogP contribution in [-0.2, 0) is 6.54 Å². The van der Waals surface area contributed by atoms with E-state index in [0.717, 1.165) is 36.5 Å². The van der Waals surface area contributed by atoms with E-state index >= 15 is 0 Å². The number of phenols is 1. The molecule has 0 amide bonds. The van der Waals surface area contributed by atoms with Crippen molar-refractivity contribution in [2.45, 2.75) is 25.4 Å². The van der Waals surface area contributed by atoms with Crippen LogP contribution in [-0.4, -0.2) is 43.2 Å². The first-order valence-corrected chi connectivity index (χ1v) is 10.2. The molecule has 2 aromatic carbocycles.